The van der Waals surface area contributed by atoms with Gasteiger partial charge < -0.3 is 15.0 Å². The molecular formula is C27H29N3O4S. The van der Waals surface area contributed by atoms with Gasteiger partial charge in [0.05, 0.1) is 11.3 Å². The minimum Gasteiger partial charge on any atom is -0.456 e. The molecule has 2 aromatic carbocycles. The number of ketones is 1. The van der Waals surface area contributed by atoms with Gasteiger partial charge in [-0.25, -0.2) is 0 Å². The van der Waals surface area contributed by atoms with Gasteiger partial charge in [0.25, 0.3) is 5.91 Å². The lowest BCUT2D eigenvalue weighted by molar-refractivity contribution is -0.147. The molecule has 1 fully saturated rings. The molecule has 1 saturated heterocycles. The third-order valence-corrected chi connectivity index (χ3v) is 6.76. The molecule has 4 rings (SSSR count). The zero-order chi connectivity index (χ0) is 24.5. The summed E-state index contributed by atoms with van der Waals surface area (Å²) in [5.74, 6) is -1.07. The molecule has 1 aromatic heterocycles. The third-order valence-electron chi connectivity index (χ3n) is 5.85. The number of hydrogen-bond acceptors (Lipinski definition) is 7. The molecule has 0 bridgehead atoms. The quantitative estimate of drug-likeness (QED) is 0.338. The van der Waals surface area contributed by atoms with Gasteiger partial charge in [0.1, 0.15) is 0 Å². The molecule has 1 amide bonds. The molecule has 8 heteroatoms. The fraction of sp³-hybridized carbons (Fsp3) is 0.296. The smallest absolute Gasteiger partial charge is 0.306 e. The largest absolute Gasteiger partial charge is 0.456 e. The summed E-state index contributed by atoms with van der Waals surface area (Å²) < 4.78 is 5.00. The van der Waals surface area contributed by atoms with Crippen molar-refractivity contribution in [3.05, 3.63) is 82.6 Å². The number of nitrogens with one attached hydrogen (secondary N) is 1. The summed E-state index contributed by atoms with van der Waals surface area (Å²) in [5.41, 5.74) is 3.09. The molecule has 0 aliphatic carbocycles. The first-order valence-electron chi connectivity index (χ1n) is 11.7. The van der Waals surface area contributed by atoms with Gasteiger partial charge in [-0.2, -0.15) is 0 Å². The number of rotatable bonds is 10. The lowest BCUT2D eigenvalue weighted by Gasteiger charge is -2.36. The summed E-state index contributed by atoms with van der Waals surface area (Å²) in [7, 11) is 0. The fourth-order valence-corrected chi connectivity index (χ4v) is 4.65. The Kier molecular flexibility index (Phi) is 8.64. The molecule has 2 heterocycles. The van der Waals surface area contributed by atoms with Crippen LogP contribution < -0.4 is 10.2 Å². The van der Waals surface area contributed by atoms with Gasteiger partial charge in [-0.05, 0) is 41.3 Å². The zero-order valence-corrected chi connectivity index (χ0v) is 20.3. The Morgan fingerprint density at radius 1 is 0.857 bits per heavy atom. The Labute approximate surface area is 209 Å². The van der Waals surface area contributed by atoms with E-state index >= 15 is 0 Å². The Balaban J connectivity index is 1.15. The summed E-state index contributed by atoms with van der Waals surface area (Å²) in [4.78, 5) is 41.4. The number of thiophene rings is 1. The molecule has 182 valence electrons. The van der Waals surface area contributed by atoms with Crippen molar-refractivity contribution < 1.29 is 19.1 Å². The van der Waals surface area contributed by atoms with E-state index < -0.39 is 11.9 Å². The first-order chi connectivity index (χ1) is 17.1. The predicted octanol–water partition coefficient (Wildman–Crippen LogP) is 4.22. The Morgan fingerprint density at radius 2 is 1.60 bits per heavy atom. The van der Waals surface area contributed by atoms with Crippen molar-refractivity contribution in [3.8, 4) is 0 Å². The average molecular weight is 492 g/mol. The second kappa shape index (κ2) is 12.3. The highest BCUT2D eigenvalue weighted by molar-refractivity contribution is 7.12. The van der Waals surface area contributed by atoms with Crippen LogP contribution in [0.3, 0.4) is 0 Å². The molecule has 1 N–H and O–H groups in total. The zero-order valence-electron chi connectivity index (χ0n) is 19.5. The van der Waals surface area contributed by atoms with Crippen LogP contribution >= 0.6 is 11.3 Å². The van der Waals surface area contributed by atoms with Gasteiger partial charge in [0, 0.05) is 50.5 Å². The Bertz CT molecular complexity index is 1110. The standard InChI is InChI=1S/C27H29N3O4S/c31-24(25-7-4-18-35-25)12-13-27(33)34-20-26(32)28-22-8-10-23(11-9-22)30-16-14-29(15-17-30)19-21-5-2-1-3-6-21/h1-11,18H,12-17,19-20H2,(H,28,32). The first kappa shape index (κ1) is 24.6. The lowest BCUT2D eigenvalue weighted by Crippen LogP contribution is -2.45. The highest BCUT2D eigenvalue weighted by Crippen LogP contribution is 2.20. The first-order valence-corrected chi connectivity index (χ1v) is 12.6. The van der Waals surface area contributed by atoms with E-state index in [9.17, 15) is 14.4 Å². The van der Waals surface area contributed by atoms with Gasteiger partial charge >= 0.3 is 5.97 Å². The summed E-state index contributed by atoms with van der Waals surface area (Å²) in [6, 6.07) is 21.7. The number of carbonyl (C=O) groups excluding carboxylic acids is 3. The number of carbonyl (C=O) groups is 3. The van der Waals surface area contributed by atoms with Crippen LogP contribution in [0, 0.1) is 0 Å². The normalized spacial score (nSPS) is 13.9. The second-order valence-corrected chi connectivity index (χ2v) is 9.35. The van der Waals surface area contributed by atoms with Crippen LogP contribution in [-0.4, -0.2) is 55.3 Å². The maximum atomic E-state index is 12.1. The van der Waals surface area contributed by atoms with E-state index in [1.54, 1.807) is 12.1 Å². The fourth-order valence-electron chi connectivity index (χ4n) is 3.95. The molecule has 3 aromatic rings. The summed E-state index contributed by atoms with van der Waals surface area (Å²) in [6.07, 6.45) is 0.0280. The van der Waals surface area contributed by atoms with Crippen molar-refractivity contribution in [1.82, 2.24) is 4.90 Å². The van der Waals surface area contributed by atoms with E-state index in [0.717, 1.165) is 38.4 Å². The van der Waals surface area contributed by atoms with E-state index in [2.05, 4.69) is 39.4 Å². The van der Waals surface area contributed by atoms with Crippen molar-refractivity contribution in [3.63, 3.8) is 0 Å². The van der Waals surface area contributed by atoms with Crippen LogP contribution in [0.15, 0.2) is 72.1 Å². The van der Waals surface area contributed by atoms with Gasteiger partial charge in [-0.1, -0.05) is 36.4 Å². The number of benzene rings is 2. The molecule has 0 radical (unpaired) electrons. The van der Waals surface area contributed by atoms with E-state index in [-0.39, 0.29) is 25.2 Å². The number of nitrogens with zero attached hydrogens (tertiary/aromatic N) is 2. The second-order valence-electron chi connectivity index (χ2n) is 8.41. The Hall–Kier alpha value is -3.49. The molecule has 1 aliphatic rings. The minimum atomic E-state index is -0.563. The minimum absolute atomic E-state index is 0.0443. The molecular weight excluding hydrogens is 462 g/mol. The lowest BCUT2D eigenvalue weighted by atomic mass is 10.2. The molecule has 35 heavy (non-hydrogen) atoms. The number of anilines is 2. The van der Waals surface area contributed by atoms with Crippen LogP contribution in [0.1, 0.15) is 28.1 Å². The maximum Gasteiger partial charge on any atom is 0.306 e. The van der Waals surface area contributed by atoms with Crippen molar-refractivity contribution in [2.24, 2.45) is 0 Å². The van der Waals surface area contributed by atoms with Crippen LogP contribution in [-0.2, 0) is 20.9 Å². The topological polar surface area (TPSA) is 78.9 Å². The molecule has 1 aliphatic heterocycles. The number of amides is 1. The monoisotopic (exact) mass is 491 g/mol. The number of ether oxygens (including phenoxy) is 1. The molecule has 7 nitrogen and oxygen atoms in total. The van der Waals surface area contributed by atoms with Crippen molar-refractivity contribution >= 4 is 40.4 Å². The number of Topliss-reactive ketones (excluding diaryl/α,β-unsaturated/α-hetero) is 1. The summed E-state index contributed by atoms with van der Waals surface area (Å²) >= 11 is 1.34. The van der Waals surface area contributed by atoms with Crippen LogP contribution in [0.2, 0.25) is 0 Å². The third kappa shape index (κ3) is 7.50. The van der Waals surface area contributed by atoms with E-state index in [1.807, 2.05) is 35.7 Å². The van der Waals surface area contributed by atoms with Crippen molar-refractivity contribution in [2.75, 3.05) is 43.0 Å². The summed E-state index contributed by atoms with van der Waals surface area (Å²) in [5, 5.41) is 4.56. The molecule has 0 saturated carbocycles. The average Bonchev–Trinajstić information content (AvgIpc) is 3.43. The van der Waals surface area contributed by atoms with Crippen molar-refractivity contribution in [2.45, 2.75) is 19.4 Å². The van der Waals surface area contributed by atoms with Gasteiger partial charge in [-0.15, -0.1) is 11.3 Å². The van der Waals surface area contributed by atoms with E-state index in [1.165, 1.54) is 16.9 Å². The van der Waals surface area contributed by atoms with Crippen LogP contribution in [0.5, 0.6) is 0 Å². The Morgan fingerprint density at radius 3 is 2.29 bits per heavy atom. The molecule has 0 spiro atoms. The molecule has 0 atom stereocenters. The van der Waals surface area contributed by atoms with Gasteiger partial charge in [0.15, 0.2) is 12.4 Å². The number of esters is 1. The maximum absolute atomic E-state index is 12.1. The summed E-state index contributed by atoms with van der Waals surface area (Å²) in [6.45, 7) is 4.48. The van der Waals surface area contributed by atoms with Crippen molar-refractivity contribution in [1.29, 1.82) is 0 Å². The van der Waals surface area contributed by atoms with Crippen LogP contribution in [0.4, 0.5) is 11.4 Å². The number of hydrogen-bond donors (Lipinski definition) is 1. The van der Waals surface area contributed by atoms with Gasteiger partial charge in [-0.3, -0.25) is 19.3 Å². The highest BCUT2D eigenvalue weighted by atomic mass is 32.1. The number of piperazine rings is 1. The van der Waals surface area contributed by atoms with Gasteiger partial charge in [0.2, 0.25) is 0 Å². The highest BCUT2D eigenvalue weighted by Gasteiger charge is 2.17. The van der Waals surface area contributed by atoms with Crippen LogP contribution in [0.25, 0.3) is 0 Å². The van der Waals surface area contributed by atoms with E-state index in [0.29, 0.717) is 10.6 Å². The SMILES string of the molecule is O=C(COC(=O)CCC(=O)c1cccs1)Nc1ccc(N2CCN(Cc3ccccc3)CC2)cc1. The molecule has 0 unspecified atom stereocenters. The van der Waals surface area contributed by atoms with E-state index in [4.69, 9.17) is 4.74 Å². The predicted molar refractivity (Wildman–Crippen MR) is 138 cm³/mol.